The Morgan fingerprint density at radius 2 is 1.88 bits per heavy atom. The molecule has 6 nitrogen and oxygen atoms in total. The van der Waals surface area contributed by atoms with Crippen LogP contribution in [0.3, 0.4) is 0 Å². The van der Waals surface area contributed by atoms with Crippen LogP contribution in [0.1, 0.15) is 40.5 Å². The van der Waals surface area contributed by atoms with Crippen molar-refractivity contribution in [2.24, 2.45) is 0 Å². The summed E-state index contributed by atoms with van der Waals surface area (Å²) < 4.78 is 39.3. The average molecular weight is 390 g/mol. The van der Waals surface area contributed by atoms with Gasteiger partial charge in [-0.25, -0.2) is 4.68 Å². The predicted octanol–water partition coefficient (Wildman–Crippen LogP) is 2.57. The third kappa shape index (κ3) is 4.95. The first-order valence-corrected chi connectivity index (χ1v) is 8.00. The van der Waals surface area contributed by atoms with E-state index in [1.54, 1.807) is 10.9 Å². The molecule has 3 rings (SSSR count). The number of amides is 1. The number of hydrogen-bond acceptors (Lipinski definition) is 4. The molecule has 1 aromatic carbocycles. The highest BCUT2D eigenvalue weighted by atomic mass is 35.5. The minimum absolute atomic E-state index is 0. The topological polar surface area (TPSA) is 71.8 Å². The highest BCUT2D eigenvalue weighted by Crippen LogP contribution is 2.29. The Hall–Kier alpha value is -2.13. The van der Waals surface area contributed by atoms with Crippen molar-refractivity contribution in [2.75, 3.05) is 13.1 Å². The monoisotopic (exact) mass is 389 g/mol. The molecule has 0 unspecified atom stereocenters. The molecule has 26 heavy (non-hydrogen) atoms. The van der Waals surface area contributed by atoms with E-state index in [2.05, 4.69) is 20.9 Å². The first-order valence-electron chi connectivity index (χ1n) is 8.00. The summed E-state index contributed by atoms with van der Waals surface area (Å²) in [5.74, 6) is -0.403. The Kier molecular flexibility index (Phi) is 6.60. The maximum absolute atomic E-state index is 12.5. The summed E-state index contributed by atoms with van der Waals surface area (Å²) in [7, 11) is 0. The van der Waals surface area contributed by atoms with Crippen molar-refractivity contribution < 1.29 is 18.0 Å². The number of piperidine rings is 1. The summed E-state index contributed by atoms with van der Waals surface area (Å²) in [6, 6.07) is 4.90. The Bertz CT molecular complexity index is 726. The number of carbonyl (C=O) groups is 1. The van der Waals surface area contributed by atoms with Crippen LogP contribution in [-0.4, -0.2) is 34.0 Å². The van der Waals surface area contributed by atoms with Crippen molar-refractivity contribution >= 4 is 18.3 Å². The summed E-state index contributed by atoms with van der Waals surface area (Å²) in [6.07, 6.45) is -0.904. The van der Waals surface area contributed by atoms with Gasteiger partial charge in [0.15, 0.2) is 5.69 Å². The first kappa shape index (κ1) is 20.2. The van der Waals surface area contributed by atoms with E-state index in [0.717, 1.165) is 38.1 Å². The molecule has 1 saturated heterocycles. The van der Waals surface area contributed by atoms with Crippen molar-refractivity contribution in [3.8, 4) is 0 Å². The zero-order valence-electron chi connectivity index (χ0n) is 13.8. The molecule has 1 aromatic heterocycles. The largest absolute Gasteiger partial charge is 0.416 e. The SMILES string of the molecule is Cl.O=C(NCc1ccc(C(F)(F)F)cc1)c1cn(C2CCNCC2)nn1. The van der Waals surface area contributed by atoms with Gasteiger partial charge in [-0.2, -0.15) is 13.2 Å². The predicted molar refractivity (Wildman–Crippen MR) is 91.0 cm³/mol. The van der Waals surface area contributed by atoms with Gasteiger partial charge in [-0.3, -0.25) is 4.79 Å². The van der Waals surface area contributed by atoms with Crippen LogP contribution >= 0.6 is 12.4 Å². The second-order valence-electron chi connectivity index (χ2n) is 5.94. The Balaban J connectivity index is 0.00000243. The normalized spacial score (nSPS) is 15.3. The number of carbonyl (C=O) groups excluding carboxylic acids is 1. The number of nitrogens with one attached hydrogen (secondary N) is 2. The quantitative estimate of drug-likeness (QED) is 0.843. The summed E-state index contributed by atoms with van der Waals surface area (Å²) in [6.45, 7) is 1.93. The minimum atomic E-state index is -4.37. The third-order valence-corrected chi connectivity index (χ3v) is 4.16. The van der Waals surface area contributed by atoms with E-state index < -0.39 is 17.6 Å². The van der Waals surface area contributed by atoms with Crippen LogP contribution in [0.25, 0.3) is 0 Å². The number of benzene rings is 1. The lowest BCUT2D eigenvalue weighted by atomic mass is 10.1. The van der Waals surface area contributed by atoms with E-state index in [1.165, 1.54) is 12.1 Å². The fourth-order valence-electron chi connectivity index (χ4n) is 2.71. The Morgan fingerprint density at radius 1 is 1.23 bits per heavy atom. The molecule has 1 amide bonds. The lowest BCUT2D eigenvalue weighted by Gasteiger charge is -2.22. The molecule has 0 bridgehead atoms. The maximum atomic E-state index is 12.5. The van der Waals surface area contributed by atoms with Gasteiger partial charge in [0, 0.05) is 6.54 Å². The number of nitrogens with zero attached hydrogens (tertiary/aromatic N) is 3. The van der Waals surface area contributed by atoms with E-state index in [4.69, 9.17) is 0 Å². The zero-order chi connectivity index (χ0) is 17.9. The molecule has 2 heterocycles. The van der Waals surface area contributed by atoms with Gasteiger partial charge in [-0.15, -0.1) is 17.5 Å². The van der Waals surface area contributed by atoms with Gasteiger partial charge in [0.25, 0.3) is 5.91 Å². The lowest BCUT2D eigenvalue weighted by molar-refractivity contribution is -0.137. The molecule has 0 saturated carbocycles. The number of rotatable bonds is 4. The van der Waals surface area contributed by atoms with Crippen LogP contribution < -0.4 is 10.6 Å². The van der Waals surface area contributed by atoms with Gasteiger partial charge in [0.2, 0.25) is 0 Å². The standard InChI is InChI=1S/C16H18F3N5O.ClH/c17-16(18,19)12-3-1-11(2-4-12)9-21-15(25)14-10-24(23-22-14)13-5-7-20-8-6-13;/h1-4,10,13,20H,5-9H2,(H,21,25);1H. The summed E-state index contributed by atoms with van der Waals surface area (Å²) in [5.41, 5.74) is 0.0602. The smallest absolute Gasteiger partial charge is 0.347 e. The van der Waals surface area contributed by atoms with Crippen LogP contribution in [0.15, 0.2) is 30.5 Å². The molecule has 1 aliphatic rings. The molecule has 0 aliphatic carbocycles. The lowest BCUT2D eigenvalue weighted by Crippen LogP contribution is -2.29. The maximum Gasteiger partial charge on any atom is 0.416 e. The van der Waals surface area contributed by atoms with Crippen LogP contribution in [0.5, 0.6) is 0 Å². The van der Waals surface area contributed by atoms with Crippen LogP contribution in [0, 0.1) is 0 Å². The average Bonchev–Trinajstić information content (AvgIpc) is 3.10. The zero-order valence-corrected chi connectivity index (χ0v) is 14.6. The molecule has 10 heteroatoms. The van der Waals surface area contributed by atoms with Crippen molar-refractivity contribution in [3.63, 3.8) is 0 Å². The van der Waals surface area contributed by atoms with Crippen LogP contribution in [0.4, 0.5) is 13.2 Å². The molecule has 0 radical (unpaired) electrons. The molecule has 1 fully saturated rings. The van der Waals surface area contributed by atoms with Gasteiger partial charge in [-0.1, -0.05) is 17.3 Å². The van der Waals surface area contributed by atoms with Crippen molar-refractivity contribution in [1.82, 2.24) is 25.6 Å². The van der Waals surface area contributed by atoms with Crippen molar-refractivity contribution in [2.45, 2.75) is 31.6 Å². The van der Waals surface area contributed by atoms with E-state index in [1.807, 2.05) is 0 Å². The molecule has 1 aliphatic heterocycles. The molecule has 142 valence electrons. The van der Waals surface area contributed by atoms with Gasteiger partial charge < -0.3 is 10.6 Å². The van der Waals surface area contributed by atoms with Crippen LogP contribution in [0.2, 0.25) is 0 Å². The van der Waals surface area contributed by atoms with Gasteiger partial charge >= 0.3 is 6.18 Å². The number of aromatic nitrogens is 3. The van der Waals surface area contributed by atoms with E-state index in [-0.39, 0.29) is 30.7 Å². The van der Waals surface area contributed by atoms with E-state index in [0.29, 0.717) is 5.56 Å². The van der Waals surface area contributed by atoms with Crippen molar-refractivity contribution in [1.29, 1.82) is 0 Å². The van der Waals surface area contributed by atoms with E-state index >= 15 is 0 Å². The Morgan fingerprint density at radius 3 is 2.50 bits per heavy atom. The summed E-state index contributed by atoms with van der Waals surface area (Å²) in [4.78, 5) is 12.1. The van der Waals surface area contributed by atoms with Crippen molar-refractivity contribution in [3.05, 3.63) is 47.3 Å². The number of alkyl halides is 3. The fourth-order valence-corrected chi connectivity index (χ4v) is 2.71. The number of hydrogen-bond donors (Lipinski definition) is 2. The van der Waals surface area contributed by atoms with Gasteiger partial charge in [0.05, 0.1) is 17.8 Å². The highest BCUT2D eigenvalue weighted by Gasteiger charge is 2.29. The molecular formula is C16H19ClF3N5O. The molecule has 0 spiro atoms. The Labute approximate surface area is 154 Å². The molecular weight excluding hydrogens is 371 g/mol. The highest BCUT2D eigenvalue weighted by molar-refractivity contribution is 5.91. The summed E-state index contributed by atoms with van der Waals surface area (Å²) >= 11 is 0. The third-order valence-electron chi connectivity index (χ3n) is 4.16. The molecule has 0 atom stereocenters. The number of halogens is 4. The van der Waals surface area contributed by atoms with Gasteiger partial charge in [-0.05, 0) is 43.6 Å². The second-order valence-corrected chi connectivity index (χ2v) is 5.94. The fraction of sp³-hybridized carbons (Fsp3) is 0.438. The summed E-state index contributed by atoms with van der Waals surface area (Å²) in [5, 5.41) is 13.8. The molecule has 2 aromatic rings. The van der Waals surface area contributed by atoms with Gasteiger partial charge in [0.1, 0.15) is 0 Å². The first-order chi connectivity index (χ1) is 11.9. The van der Waals surface area contributed by atoms with Crippen LogP contribution in [-0.2, 0) is 12.7 Å². The second kappa shape index (κ2) is 8.50. The molecule has 2 N–H and O–H groups in total. The van der Waals surface area contributed by atoms with E-state index in [9.17, 15) is 18.0 Å². The minimum Gasteiger partial charge on any atom is -0.347 e.